The van der Waals surface area contributed by atoms with E-state index in [0.717, 1.165) is 12.8 Å². The zero-order valence-corrected chi connectivity index (χ0v) is 12.5. The van der Waals surface area contributed by atoms with E-state index in [2.05, 4.69) is 19.2 Å². The summed E-state index contributed by atoms with van der Waals surface area (Å²) in [5.41, 5.74) is -0.484. The van der Waals surface area contributed by atoms with Crippen LogP contribution < -0.4 is 5.32 Å². The van der Waals surface area contributed by atoms with Gasteiger partial charge in [0.2, 0.25) is 5.91 Å². The summed E-state index contributed by atoms with van der Waals surface area (Å²) in [5, 5.41) is 11.9. The Bertz CT molecular complexity index is 328. The molecule has 0 aromatic heterocycles. The van der Waals surface area contributed by atoms with Crippen LogP contribution in [0.15, 0.2) is 0 Å². The molecule has 0 aliphatic heterocycles. The number of carboxylic acids is 1. The maximum Gasteiger partial charge on any atom is 0.303 e. The molecule has 2 atom stereocenters. The average molecular weight is 269 g/mol. The van der Waals surface area contributed by atoms with Crippen molar-refractivity contribution in [3.8, 4) is 0 Å². The maximum absolute atomic E-state index is 12.0. The normalized spacial score (nSPS) is 27.9. The van der Waals surface area contributed by atoms with E-state index >= 15 is 0 Å². The minimum atomic E-state index is -0.849. The number of carbonyl (C=O) groups is 2. The lowest BCUT2D eigenvalue weighted by atomic mass is 9.80. The molecule has 4 heteroatoms. The fraction of sp³-hybridized carbons (Fsp3) is 0.867. The molecule has 0 heterocycles. The Morgan fingerprint density at radius 1 is 1.11 bits per heavy atom. The van der Waals surface area contributed by atoms with Gasteiger partial charge in [0.05, 0.1) is 6.42 Å². The Kier molecular flexibility index (Phi) is 5.39. The fourth-order valence-electron chi connectivity index (χ4n) is 3.25. The first-order valence-electron chi connectivity index (χ1n) is 7.19. The van der Waals surface area contributed by atoms with Gasteiger partial charge < -0.3 is 10.4 Å². The molecule has 2 unspecified atom stereocenters. The Morgan fingerprint density at radius 2 is 1.63 bits per heavy atom. The standard InChI is InChI=1S/C15H27NO3/c1-10-5-11(2)7-12(6-10)16-13(17)8-15(3,4)9-14(18)19/h10-12H,5-9H2,1-4H3,(H,16,17)(H,18,19). The van der Waals surface area contributed by atoms with Crippen LogP contribution >= 0.6 is 0 Å². The first kappa shape index (κ1) is 16.0. The van der Waals surface area contributed by atoms with Crippen molar-refractivity contribution in [2.24, 2.45) is 17.3 Å². The number of hydrogen-bond donors (Lipinski definition) is 2. The summed E-state index contributed by atoms with van der Waals surface area (Å²) in [4.78, 5) is 22.8. The van der Waals surface area contributed by atoms with Gasteiger partial charge >= 0.3 is 5.97 Å². The van der Waals surface area contributed by atoms with Gasteiger partial charge in [0.1, 0.15) is 0 Å². The molecule has 0 aromatic rings. The van der Waals surface area contributed by atoms with E-state index in [1.165, 1.54) is 6.42 Å². The molecule has 1 rings (SSSR count). The van der Waals surface area contributed by atoms with E-state index in [1.807, 2.05) is 13.8 Å². The molecule has 0 aromatic carbocycles. The lowest BCUT2D eigenvalue weighted by Crippen LogP contribution is -2.41. The molecule has 0 spiro atoms. The van der Waals surface area contributed by atoms with Crippen molar-refractivity contribution in [2.75, 3.05) is 0 Å². The topological polar surface area (TPSA) is 66.4 Å². The first-order chi connectivity index (χ1) is 8.68. The number of carboxylic acid groups (broad SMARTS) is 1. The van der Waals surface area contributed by atoms with E-state index in [9.17, 15) is 9.59 Å². The van der Waals surface area contributed by atoms with Gasteiger partial charge in [-0.25, -0.2) is 0 Å². The highest BCUT2D eigenvalue weighted by Gasteiger charge is 2.28. The highest BCUT2D eigenvalue weighted by molar-refractivity contribution is 5.78. The highest BCUT2D eigenvalue weighted by atomic mass is 16.4. The average Bonchev–Trinajstić information content (AvgIpc) is 2.10. The van der Waals surface area contributed by atoms with Crippen molar-refractivity contribution < 1.29 is 14.7 Å². The number of nitrogens with one attached hydrogen (secondary N) is 1. The third kappa shape index (κ3) is 6.08. The lowest BCUT2D eigenvalue weighted by Gasteiger charge is -2.32. The largest absolute Gasteiger partial charge is 0.481 e. The van der Waals surface area contributed by atoms with Crippen molar-refractivity contribution >= 4 is 11.9 Å². The van der Waals surface area contributed by atoms with Crippen LogP contribution in [0.2, 0.25) is 0 Å². The monoisotopic (exact) mass is 269 g/mol. The third-order valence-electron chi connectivity index (χ3n) is 3.81. The van der Waals surface area contributed by atoms with E-state index in [0.29, 0.717) is 11.8 Å². The second-order valence-electron chi connectivity index (χ2n) is 7.09. The molecule has 1 fully saturated rings. The molecule has 4 nitrogen and oxygen atoms in total. The molecule has 1 amide bonds. The Morgan fingerprint density at radius 3 is 2.11 bits per heavy atom. The van der Waals surface area contributed by atoms with E-state index < -0.39 is 11.4 Å². The van der Waals surface area contributed by atoms with Gasteiger partial charge in [0.25, 0.3) is 0 Å². The molecule has 1 aliphatic rings. The molecule has 1 aliphatic carbocycles. The quantitative estimate of drug-likeness (QED) is 0.806. The predicted octanol–water partition coefficient (Wildman–Crippen LogP) is 2.82. The minimum absolute atomic E-state index is 0.0162. The van der Waals surface area contributed by atoms with Crippen LogP contribution in [0.5, 0.6) is 0 Å². The van der Waals surface area contributed by atoms with Crippen molar-refractivity contribution in [1.29, 1.82) is 0 Å². The second kappa shape index (κ2) is 6.40. The zero-order chi connectivity index (χ0) is 14.6. The number of rotatable bonds is 5. The van der Waals surface area contributed by atoms with Crippen molar-refractivity contribution in [1.82, 2.24) is 5.32 Å². The summed E-state index contributed by atoms with van der Waals surface area (Å²) in [7, 11) is 0. The molecule has 0 bridgehead atoms. The van der Waals surface area contributed by atoms with Gasteiger partial charge in [-0.3, -0.25) is 9.59 Å². The van der Waals surface area contributed by atoms with Gasteiger partial charge in [-0.05, 0) is 36.5 Å². The molecule has 0 saturated heterocycles. The Hall–Kier alpha value is -1.06. The van der Waals surface area contributed by atoms with Crippen molar-refractivity contribution in [2.45, 2.75) is 65.8 Å². The minimum Gasteiger partial charge on any atom is -0.481 e. The molecule has 1 saturated carbocycles. The summed E-state index contributed by atoms with van der Waals surface area (Å²) in [6, 6.07) is 0.256. The fourth-order valence-corrected chi connectivity index (χ4v) is 3.25. The summed E-state index contributed by atoms with van der Waals surface area (Å²) < 4.78 is 0. The van der Waals surface area contributed by atoms with Crippen LogP contribution in [0.4, 0.5) is 0 Å². The van der Waals surface area contributed by atoms with E-state index in [-0.39, 0.29) is 24.8 Å². The highest BCUT2D eigenvalue weighted by Crippen LogP contribution is 2.29. The van der Waals surface area contributed by atoms with E-state index in [1.54, 1.807) is 0 Å². The second-order valence-corrected chi connectivity index (χ2v) is 7.09. The van der Waals surface area contributed by atoms with Gasteiger partial charge in [0.15, 0.2) is 0 Å². The molecule has 110 valence electrons. The maximum atomic E-state index is 12.0. The Labute approximate surface area is 116 Å². The van der Waals surface area contributed by atoms with Crippen molar-refractivity contribution in [3.05, 3.63) is 0 Å². The van der Waals surface area contributed by atoms with E-state index in [4.69, 9.17) is 5.11 Å². The SMILES string of the molecule is CC1CC(C)CC(NC(=O)CC(C)(C)CC(=O)O)C1. The number of aliphatic carboxylic acids is 1. The van der Waals surface area contributed by atoms with Crippen LogP contribution in [0.25, 0.3) is 0 Å². The molecule has 0 radical (unpaired) electrons. The number of carbonyl (C=O) groups excluding carboxylic acids is 1. The van der Waals surface area contributed by atoms with Gasteiger partial charge in [0, 0.05) is 12.5 Å². The zero-order valence-electron chi connectivity index (χ0n) is 12.5. The molecular formula is C15H27NO3. The van der Waals surface area contributed by atoms with Crippen LogP contribution in [-0.2, 0) is 9.59 Å². The number of hydrogen-bond acceptors (Lipinski definition) is 2. The smallest absolute Gasteiger partial charge is 0.303 e. The van der Waals surface area contributed by atoms with Gasteiger partial charge in [-0.1, -0.05) is 27.7 Å². The van der Waals surface area contributed by atoms with Crippen molar-refractivity contribution in [3.63, 3.8) is 0 Å². The van der Waals surface area contributed by atoms with Crippen LogP contribution in [0.3, 0.4) is 0 Å². The Balaban J connectivity index is 2.44. The van der Waals surface area contributed by atoms with Gasteiger partial charge in [-0.15, -0.1) is 0 Å². The summed E-state index contributed by atoms with van der Waals surface area (Å²) in [6.07, 6.45) is 3.61. The summed E-state index contributed by atoms with van der Waals surface area (Å²) in [6.45, 7) is 8.10. The lowest BCUT2D eigenvalue weighted by molar-refractivity contribution is -0.139. The van der Waals surface area contributed by atoms with Crippen LogP contribution in [0, 0.1) is 17.3 Å². The van der Waals surface area contributed by atoms with Crippen LogP contribution in [0.1, 0.15) is 59.8 Å². The number of amides is 1. The molecule has 19 heavy (non-hydrogen) atoms. The molecular weight excluding hydrogens is 242 g/mol. The third-order valence-corrected chi connectivity index (χ3v) is 3.81. The summed E-state index contributed by atoms with van der Waals surface area (Å²) in [5.74, 6) is 0.442. The first-order valence-corrected chi connectivity index (χ1v) is 7.19. The predicted molar refractivity (Wildman–Crippen MR) is 74.8 cm³/mol. The van der Waals surface area contributed by atoms with Crippen LogP contribution in [-0.4, -0.2) is 23.0 Å². The molecule has 2 N–H and O–H groups in total. The van der Waals surface area contributed by atoms with Gasteiger partial charge in [-0.2, -0.15) is 0 Å². The summed E-state index contributed by atoms with van der Waals surface area (Å²) >= 11 is 0.